The SMILES string of the molecule is CCn1cc(C(=O)N2CCCC3=C[C@H]4C[C@@H](CN5CCCCC45)C32)c(=O)c2cc3c(cc21)OCO3. The number of carbonyl (C=O) groups is 1. The van der Waals surface area contributed by atoms with E-state index in [1.165, 1.54) is 37.8 Å². The second-order valence-corrected chi connectivity index (χ2v) is 10.9. The van der Waals surface area contributed by atoms with E-state index in [2.05, 4.69) is 11.0 Å². The molecule has 1 aliphatic carbocycles. The molecule has 0 radical (unpaired) electrons. The molecule has 2 aromatic rings. The highest BCUT2D eigenvalue weighted by atomic mass is 16.7. The Hall–Kier alpha value is -2.80. The number of nitrogens with zero attached hydrogens (tertiary/aromatic N) is 3. The van der Waals surface area contributed by atoms with Crippen LogP contribution in [-0.4, -0.2) is 58.8 Å². The van der Waals surface area contributed by atoms with Crippen LogP contribution in [0.1, 0.15) is 55.8 Å². The van der Waals surface area contributed by atoms with Crippen molar-refractivity contribution in [2.45, 2.75) is 64.1 Å². The lowest BCUT2D eigenvalue weighted by Crippen LogP contribution is -2.60. The number of piperidine rings is 3. The number of carbonyl (C=O) groups excluding carboxylic acids is 1. The molecule has 0 saturated carbocycles. The van der Waals surface area contributed by atoms with Crippen LogP contribution in [0.4, 0.5) is 0 Å². The van der Waals surface area contributed by atoms with Gasteiger partial charge in [0.05, 0.1) is 16.9 Å². The zero-order chi connectivity index (χ0) is 23.7. The van der Waals surface area contributed by atoms with Gasteiger partial charge in [0.15, 0.2) is 11.5 Å². The Kier molecular flexibility index (Phi) is 4.98. The van der Waals surface area contributed by atoms with Crippen molar-refractivity contribution in [3.63, 3.8) is 0 Å². The first kappa shape index (κ1) is 21.5. The van der Waals surface area contributed by atoms with Gasteiger partial charge in [-0.3, -0.25) is 14.5 Å². The molecule has 7 rings (SSSR count). The van der Waals surface area contributed by atoms with Gasteiger partial charge in [0.25, 0.3) is 5.91 Å². The predicted molar refractivity (Wildman–Crippen MR) is 133 cm³/mol. The molecule has 184 valence electrons. The normalized spacial score (nSPS) is 29.5. The molecule has 1 amide bonds. The molecule has 7 nitrogen and oxygen atoms in total. The van der Waals surface area contributed by atoms with Gasteiger partial charge in [0, 0.05) is 37.9 Å². The van der Waals surface area contributed by atoms with Gasteiger partial charge in [-0.05, 0) is 63.5 Å². The molecule has 0 N–H and O–H groups in total. The predicted octanol–water partition coefficient (Wildman–Crippen LogP) is 3.79. The fraction of sp³-hybridized carbons (Fsp3) is 0.571. The molecule has 0 spiro atoms. The van der Waals surface area contributed by atoms with Crippen molar-refractivity contribution in [1.82, 2.24) is 14.4 Å². The summed E-state index contributed by atoms with van der Waals surface area (Å²) >= 11 is 0. The van der Waals surface area contributed by atoms with Gasteiger partial charge >= 0.3 is 0 Å². The van der Waals surface area contributed by atoms with Crippen LogP contribution in [0.2, 0.25) is 0 Å². The zero-order valence-electron chi connectivity index (χ0n) is 20.4. The minimum atomic E-state index is -0.211. The van der Waals surface area contributed by atoms with Gasteiger partial charge in [-0.25, -0.2) is 0 Å². The number of rotatable bonds is 2. The van der Waals surface area contributed by atoms with E-state index in [4.69, 9.17) is 9.47 Å². The fourth-order valence-electron chi connectivity index (χ4n) is 7.55. The Balaban J connectivity index is 1.28. The molecular weight excluding hydrogens is 442 g/mol. The largest absolute Gasteiger partial charge is 0.454 e. The molecule has 4 aliphatic heterocycles. The van der Waals surface area contributed by atoms with E-state index in [-0.39, 0.29) is 29.7 Å². The standard InChI is InChI=1S/C28H33N3O4/c1-2-29-15-21(27(32)20-12-24-25(13-23(20)29)35-16-34-24)28(33)31-9-5-6-17-10-18-11-19(26(17)31)14-30-8-4-3-7-22(18)30/h10,12-13,15,18-19,22,26H,2-9,11,14,16H2,1H3/t18-,19-,22?,26?/m0/s1. The van der Waals surface area contributed by atoms with Gasteiger partial charge in [0.2, 0.25) is 12.2 Å². The summed E-state index contributed by atoms with van der Waals surface area (Å²) in [7, 11) is 0. The van der Waals surface area contributed by atoms with E-state index in [9.17, 15) is 9.59 Å². The number of likely N-dealkylation sites (tertiary alicyclic amines) is 1. The average molecular weight is 476 g/mol. The number of hydrogen-bond acceptors (Lipinski definition) is 5. The molecule has 35 heavy (non-hydrogen) atoms. The smallest absolute Gasteiger partial charge is 0.259 e. The van der Waals surface area contributed by atoms with Crippen molar-refractivity contribution in [2.75, 3.05) is 26.4 Å². The maximum atomic E-state index is 14.1. The summed E-state index contributed by atoms with van der Waals surface area (Å²) in [6.07, 6.45) is 11.4. The Bertz CT molecular complexity index is 1300. The fourth-order valence-corrected chi connectivity index (χ4v) is 7.55. The Labute approximate surface area is 205 Å². The molecule has 5 heterocycles. The van der Waals surface area contributed by atoms with Crippen molar-refractivity contribution >= 4 is 16.8 Å². The zero-order valence-corrected chi connectivity index (χ0v) is 20.4. The molecule has 1 aromatic heterocycles. The molecule has 3 fully saturated rings. The maximum absolute atomic E-state index is 14.1. The average Bonchev–Trinajstić information content (AvgIpc) is 3.35. The molecular formula is C28H33N3O4. The summed E-state index contributed by atoms with van der Waals surface area (Å²) in [5.74, 6) is 2.18. The highest BCUT2D eigenvalue weighted by Crippen LogP contribution is 2.45. The van der Waals surface area contributed by atoms with Crippen molar-refractivity contribution in [3.05, 3.63) is 45.8 Å². The summed E-state index contributed by atoms with van der Waals surface area (Å²) in [4.78, 5) is 32.5. The molecule has 7 heteroatoms. The third kappa shape index (κ3) is 3.27. The first-order valence-electron chi connectivity index (χ1n) is 13.3. The number of ether oxygens (including phenoxy) is 2. The van der Waals surface area contributed by atoms with Crippen molar-refractivity contribution in [2.24, 2.45) is 11.8 Å². The second kappa shape index (κ2) is 8.12. The summed E-state index contributed by atoms with van der Waals surface area (Å²) in [5.41, 5.74) is 2.28. The van der Waals surface area contributed by atoms with E-state index >= 15 is 0 Å². The Morgan fingerprint density at radius 1 is 1.11 bits per heavy atom. The van der Waals surface area contributed by atoms with Gasteiger partial charge < -0.3 is 18.9 Å². The third-order valence-electron chi connectivity index (χ3n) is 9.06. The Morgan fingerprint density at radius 3 is 2.83 bits per heavy atom. The summed E-state index contributed by atoms with van der Waals surface area (Å²) < 4.78 is 13.1. The van der Waals surface area contributed by atoms with E-state index in [1.807, 2.05) is 22.5 Å². The number of aromatic nitrogens is 1. The molecule has 2 unspecified atom stereocenters. The quantitative estimate of drug-likeness (QED) is 0.619. The molecule has 3 saturated heterocycles. The Morgan fingerprint density at radius 2 is 1.97 bits per heavy atom. The number of aryl methyl sites for hydroxylation is 1. The van der Waals surface area contributed by atoms with Crippen molar-refractivity contribution in [3.8, 4) is 11.5 Å². The van der Waals surface area contributed by atoms with Crippen LogP contribution in [-0.2, 0) is 6.54 Å². The highest BCUT2D eigenvalue weighted by Gasteiger charge is 2.47. The van der Waals surface area contributed by atoms with Crippen LogP contribution in [0.25, 0.3) is 10.9 Å². The van der Waals surface area contributed by atoms with Crippen LogP contribution in [0, 0.1) is 11.8 Å². The van der Waals surface area contributed by atoms with Crippen LogP contribution in [0.15, 0.2) is 34.8 Å². The van der Waals surface area contributed by atoms with E-state index < -0.39 is 0 Å². The number of pyridine rings is 1. The minimum Gasteiger partial charge on any atom is -0.454 e. The first-order valence-corrected chi connectivity index (χ1v) is 13.3. The van der Waals surface area contributed by atoms with E-state index in [1.54, 1.807) is 12.3 Å². The van der Waals surface area contributed by atoms with Crippen molar-refractivity contribution in [1.29, 1.82) is 0 Å². The topological polar surface area (TPSA) is 64.0 Å². The van der Waals surface area contributed by atoms with Gasteiger partial charge in [0.1, 0.15) is 5.56 Å². The molecule has 2 bridgehead atoms. The van der Waals surface area contributed by atoms with E-state index in [0.717, 1.165) is 31.4 Å². The lowest BCUT2D eigenvalue weighted by Gasteiger charge is -2.54. The van der Waals surface area contributed by atoms with Crippen LogP contribution in [0.3, 0.4) is 0 Å². The number of amides is 1. The van der Waals surface area contributed by atoms with E-state index in [0.29, 0.717) is 41.3 Å². The second-order valence-electron chi connectivity index (χ2n) is 10.9. The van der Waals surface area contributed by atoms with Crippen molar-refractivity contribution < 1.29 is 14.3 Å². The monoisotopic (exact) mass is 475 g/mol. The van der Waals surface area contributed by atoms with Crippen LogP contribution < -0.4 is 14.9 Å². The number of fused-ring (bicyclic) bond motifs is 8. The van der Waals surface area contributed by atoms with Crippen LogP contribution >= 0.6 is 0 Å². The minimum absolute atomic E-state index is 0.119. The summed E-state index contributed by atoms with van der Waals surface area (Å²) in [6, 6.07) is 4.41. The van der Waals surface area contributed by atoms with Gasteiger partial charge in [-0.1, -0.05) is 18.1 Å². The highest BCUT2D eigenvalue weighted by molar-refractivity contribution is 5.98. The lowest BCUT2D eigenvalue weighted by molar-refractivity contribution is 0.00142. The maximum Gasteiger partial charge on any atom is 0.259 e. The summed E-state index contributed by atoms with van der Waals surface area (Å²) in [5, 5.41) is 0.521. The molecule has 5 aliphatic rings. The van der Waals surface area contributed by atoms with Crippen LogP contribution in [0.5, 0.6) is 11.5 Å². The molecule has 4 atom stereocenters. The third-order valence-corrected chi connectivity index (χ3v) is 9.06. The molecule has 1 aromatic carbocycles. The summed E-state index contributed by atoms with van der Waals surface area (Å²) in [6.45, 7) is 5.82. The first-order chi connectivity index (χ1) is 17.1. The number of hydrogen-bond donors (Lipinski definition) is 0. The van der Waals surface area contributed by atoms with Gasteiger partial charge in [-0.15, -0.1) is 0 Å². The lowest BCUT2D eigenvalue weighted by atomic mass is 9.68. The number of benzene rings is 1. The van der Waals surface area contributed by atoms with Gasteiger partial charge in [-0.2, -0.15) is 0 Å².